The fourth-order valence-corrected chi connectivity index (χ4v) is 0. The van der Waals surface area contributed by atoms with E-state index in [1.54, 1.807) is 0 Å². The number of halogens is 1. The van der Waals surface area contributed by atoms with Gasteiger partial charge in [-0.25, -0.2) is 4.57 Å². The molecule has 0 fully saturated rings. The van der Waals surface area contributed by atoms with Gasteiger partial charge in [0.15, 0.2) is 0 Å². The molecule has 0 aromatic rings. The van der Waals surface area contributed by atoms with Crippen molar-refractivity contribution < 1.29 is 48.8 Å². The maximum atomic E-state index is 8.88. The first kappa shape index (κ1) is 16.2. The van der Waals surface area contributed by atoms with Crippen LogP contribution in [0.3, 0.4) is 0 Å². The van der Waals surface area contributed by atoms with Crippen molar-refractivity contribution >= 4 is 19.4 Å². The molecular formula is CH5ClNaO4P. The first-order valence-electron chi connectivity index (χ1n) is 1.05. The van der Waals surface area contributed by atoms with E-state index in [-0.39, 0.29) is 29.6 Å². The van der Waals surface area contributed by atoms with Gasteiger partial charge < -0.3 is 26.3 Å². The Labute approximate surface area is 74.4 Å². The molecule has 0 saturated heterocycles. The standard InChI is InChI=1S/CH2Cl.Na.H3O4P/c1-2;;1-5(2,3)4/h1H2;;(H3,1,2,3,4)/q-1;+1;. The van der Waals surface area contributed by atoms with Gasteiger partial charge in [0.1, 0.15) is 0 Å². The smallest absolute Gasteiger partial charge is 0.352 e. The Balaban J connectivity index is -0.0000000750. The Kier molecular flexibility index (Phi) is 17.0. The minimum absolute atomic E-state index is 0. The predicted octanol–water partition coefficient (Wildman–Crippen LogP) is -2.91. The summed E-state index contributed by atoms with van der Waals surface area (Å²) in [6, 6.07) is 0. The molecule has 3 N–H and O–H groups in total. The molecule has 0 radical (unpaired) electrons. The van der Waals surface area contributed by atoms with Gasteiger partial charge in [-0.05, 0) is 0 Å². The second-order valence-corrected chi connectivity index (χ2v) is 1.54. The van der Waals surface area contributed by atoms with Crippen molar-refractivity contribution in [2.45, 2.75) is 0 Å². The van der Waals surface area contributed by atoms with Gasteiger partial charge in [-0.15, -0.1) is 0 Å². The Hall–Kier alpha value is 1.40. The van der Waals surface area contributed by atoms with Gasteiger partial charge >= 0.3 is 37.4 Å². The maximum absolute atomic E-state index is 8.88. The summed E-state index contributed by atoms with van der Waals surface area (Å²) in [6.45, 7) is 0. The third kappa shape index (κ3) is 155. The quantitative estimate of drug-likeness (QED) is 0.207. The van der Waals surface area contributed by atoms with Crippen LogP contribution in [0.5, 0.6) is 0 Å². The Morgan fingerprint density at radius 1 is 1.25 bits per heavy atom. The summed E-state index contributed by atoms with van der Waals surface area (Å²) in [5.41, 5.74) is 0. The van der Waals surface area contributed by atoms with Gasteiger partial charge in [0, 0.05) is 0 Å². The summed E-state index contributed by atoms with van der Waals surface area (Å²) >= 11 is 4.39. The largest absolute Gasteiger partial charge is 1.00 e. The predicted molar refractivity (Wildman–Crippen MR) is 25.5 cm³/mol. The van der Waals surface area contributed by atoms with Gasteiger partial charge in [-0.2, -0.15) is 0 Å². The van der Waals surface area contributed by atoms with Gasteiger partial charge in [-0.1, -0.05) is 0 Å². The molecule has 0 bridgehead atoms. The average molecular weight is 170 g/mol. The molecule has 0 aliphatic rings. The normalized spacial score (nSPS) is 8.12. The molecule has 0 spiro atoms. The average Bonchev–Trinajstić information content (AvgIpc) is 1.36. The summed E-state index contributed by atoms with van der Waals surface area (Å²) < 4.78 is 8.88. The van der Waals surface area contributed by atoms with Crippen LogP contribution in [0, 0.1) is 6.38 Å². The zero-order valence-corrected chi connectivity index (χ0v) is 7.93. The Morgan fingerprint density at radius 3 is 1.25 bits per heavy atom. The molecule has 8 heavy (non-hydrogen) atoms. The summed E-state index contributed by atoms with van der Waals surface area (Å²) in [5, 5.41) is 0. The second-order valence-electron chi connectivity index (χ2n) is 0.513. The number of hydrogen-bond acceptors (Lipinski definition) is 1. The van der Waals surface area contributed by atoms with E-state index in [0.717, 1.165) is 0 Å². The van der Waals surface area contributed by atoms with Crippen molar-refractivity contribution in [2.24, 2.45) is 0 Å². The van der Waals surface area contributed by atoms with Crippen molar-refractivity contribution in [2.75, 3.05) is 0 Å². The monoisotopic (exact) mass is 170 g/mol. The maximum Gasteiger partial charge on any atom is 1.00 e. The second kappa shape index (κ2) is 8.40. The Morgan fingerprint density at radius 2 is 1.25 bits per heavy atom. The van der Waals surface area contributed by atoms with Crippen LogP contribution in [0.4, 0.5) is 0 Å². The molecule has 0 heterocycles. The van der Waals surface area contributed by atoms with E-state index < -0.39 is 7.82 Å². The third-order valence-corrected chi connectivity index (χ3v) is 0. The van der Waals surface area contributed by atoms with Gasteiger partial charge in [0.25, 0.3) is 0 Å². The van der Waals surface area contributed by atoms with E-state index in [0.29, 0.717) is 0 Å². The molecule has 7 heteroatoms. The molecule has 0 aliphatic heterocycles. The van der Waals surface area contributed by atoms with Crippen molar-refractivity contribution in [1.82, 2.24) is 0 Å². The van der Waals surface area contributed by atoms with Gasteiger partial charge in [-0.3, -0.25) is 6.38 Å². The van der Waals surface area contributed by atoms with Crippen LogP contribution < -0.4 is 29.6 Å². The molecule has 0 amide bonds. The molecular weight excluding hydrogens is 165 g/mol. The summed E-state index contributed by atoms with van der Waals surface area (Å²) in [7, 11) is -4.64. The number of phosphoric acid groups is 1. The summed E-state index contributed by atoms with van der Waals surface area (Å²) in [4.78, 5) is 21.6. The molecule has 4 nitrogen and oxygen atoms in total. The minimum atomic E-state index is -4.64. The zero-order valence-electron chi connectivity index (χ0n) is 4.28. The van der Waals surface area contributed by atoms with Crippen LogP contribution in [0.1, 0.15) is 0 Å². The van der Waals surface area contributed by atoms with Crippen LogP contribution in [-0.2, 0) is 4.57 Å². The molecule has 0 aromatic heterocycles. The van der Waals surface area contributed by atoms with Gasteiger partial charge in [0.2, 0.25) is 0 Å². The molecule has 0 aliphatic carbocycles. The Bertz CT molecular complexity index is 62.2. The molecule has 0 saturated carbocycles. The van der Waals surface area contributed by atoms with Crippen molar-refractivity contribution in [1.29, 1.82) is 0 Å². The van der Waals surface area contributed by atoms with Crippen LogP contribution in [0.2, 0.25) is 0 Å². The fraction of sp³-hybridized carbons (Fsp3) is 0. The van der Waals surface area contributed by atoms with Crippen LogP contribution in [0.15, 0.2) is 0 Å². The van der Waals surface area contributed by atoms with Crippen LogP contribution >= 0.6 is 19.4 Å². The van der Waals surface area contributed by atoms with E-state index in [1.807, 2.05) is 0 Å². The molecule has 0 aromatic carbocycles. The first-order chi connectivity index (χ1) is 3.00. The molecule has 0 rings (SSSR count). The first-order valence-corrected chi connectivity index (χ1v) is 3.15. The van der Waals surface area contributed by atoms with Gasteiger partial charge in [0.05, 0.1) is 0 Å². The van der Waals surface area contributed by atoms with E-state index in [1.165, 1.54) is 0 Å². The minimum Gasteiger partial charge on any atom is -0.352 e. The van der Waals surface area contributed by atoms with E-state index in [4.69, 9.17) is 19.2 Å². The molecule has 0 unspecified atom stereocenters. The summed E-state index contributed by atoms with van der Waals surface area (Å²) in [6.07, 6.45) is 2.72. The van der Waals surface area contributed by atoms with Crippen LogP contribution in [-0.4, -0.2) is 14.7 Å². The van der Waals surface area contributed by atoms with E-state index >= 15 is 0 Å². The topological polar surface area (TPSA) is 77.8 Å². The molecule has 0 atom stereocenters. The fourth-order valence-electron chi connectivity index (χ4n) is 0. The van der Waals surface area contributed by atoms with Crippen LogP contribution in [0.25, 0.3) is 0 Å². The van der Waals surface area contributed by atoms with E-state index in [2.05, 4.69) is 18.0 Å². The van der Waals surface area contributed by atoms with E-state index in [9.17, 15) is 0 Å². The van der Waals surface area contributed by atoms with Crippen molar-refractivity contribution in [3.05, 3.63) is 6.38 Å². The SMILES string of the molecule is O=P(O)(O)O.[CH2-]Cl.[Na+]. The van der Waals surface area contributed by atoms with Crippen molar-refractivity contribution in [3.8, 4) is 0 Å². The van der Waals surface area contributed by atoms with Crippen molar-refractivity contribution in [3.63, 3.8) is 0 Å². The molecule has 46 valence electrons. The zero-order chi connectivity index (χ0) is 6.50. The number of hydrogen-bond donors (Lipinski definition) is 3. The third-order valence-electron chi connectivity index (χ3n) is 0. The number of rotatable bonds is 0. The summed E-state index contributed by atoms with van der Waals surface area (Å²) in [5.74, 6) is 0.